The highest BCUT2D eigenvalue weighted by atomic mass is 28.4. The molecule has 2 nitrogen and oxygen atoms in total. The lowest BCUT2D eigenvalue weighted by molar-refractivity contribution is 0.139. The lowest BCUT2D eigenvalue weighted by Gasteiger charge is -2.43. The Bertz CT molecular complexity index is 695. The second-order valence-electron chi connectivity index (χ2n) is 8.92. The minimum atomic E-state index is -2.45. The molecule has 3 heteroatoms. The van der Waals surface area contributed by atoms with E-state index < -0.39 is 14.4 Å². The van der Waals surface area contributed by atoms with Crippen LogP contribution in [0.15, 0.2) is 72.8 Å². The number of aliphatic hydroxyl groups excluding tert-OH is 1. The molecule has 0 aromatic heterocycles. The van der Waals surface area contributed by atoms with Crippen LogP contribution in [0.5, 0.6) is 0 Å². The topological polar surface area (TPSA) is 29.5 Å². The molecule has 0 bridgehead atoms. The summed E-state index contributed by atoms with van der Waals surface area (Å²) < 4.78 is 6.89. The summed E-state index contributed by atoms with van der Waals surface area (Å²) in [5.41, 5.74) is 0.834. The molecule has 0 saturated carbocycles. The van der Waals surface area contributed by atoms with E-state index in [1.165, 1.54) is 10.4 Å². The molecular formula is C25H36O2Si. The molecule has 1 N–H and O–H groups in total. The lowest BCUT2D eigenvalue weighted by atomic mass is 9.95. The van der Waals surface area contributed by atoms with Crippen molar-refractivity contribution in [1.29, 1.82) is 0 Å². The van der Waals surface area contributed by atoms with Gasteiger partial charge in [0.25, 0.3) is 8.32 Å². The largest absolute Gasteiger partial charge is 0.407 e. The molecule has 0 radical (unpaired) electrons. The third-order valence-electron chi connectivity index (χ3n) is 5.58. The Balaban J connectivity index is 2.28. The second kappa shape index (κ2) is 9.68. The Hall–Kier alpha value is -1.68. The van der Waals surface area contributed by atoms with Crippen LogP contribution in [0.4, 0.5) is 0 Å². The van der Waals surface area contributed by atoms with Gasteiger partial charge in [-0.05, 0) is 41.1 Å². The van der Waals surface area contributed by atoms with E-state index in [-0.39, 0.29) is 11.0 Å². The summed E-state index contributed by atoms with van der Waals surface area (Å²) in [6.07, 6.45) is 1.41. The summed E-state index contributed by atoms with van der Waals surface area (Å²) >= 11 is 0. The van der Waals surface area contributed by atoms with Gasteiger partial charge in [-0.3, -0.25) is 0 Å². The Morgan fingerprint density at radius 1 is 1.00 bits per heavy atom. The molecule has 2 atom stereocenters. The zero-order chi connectivity index (χ0) is 20.8. The standard InChI is InChI=1S/C25H36O2Si/c1-20(2)24(26)21(3)14-13-19-27-28(25(4,5)6,22-15-9-7-10-16-22)23-17-11-8-12-18-23/h7-12,15-18,21,24,26H,1,13-14,19H2,2-6H3/t21-,24+/m0/s1. The van der Waals surface area contributed by atoms with Gasteiger partial charge in [-0.25, -0.2) is 0 Å². The highest BCUT2D eigenvalue weighted by Gasteiger charge is 2.49. The zero-order valence-corrected chi connectivity index (χ0v) is 19.1. The smallest absolute Gasteiger partial charge is 0.261 e. The van der Waals surface area contributed by atoms with Crippen LogP contribution in [0.2, 0.25) is 5.04 Å². The van der Waals surface area contributed by atoms with E-state index in [1.807, 2.05) is 6.92 Å². The molecule has 0 spiro atoms. The summed E-state index contributed by atoms with van der Waals surface area (Å²) in [6.45, 7) is 15.4. The first-order valence-electron chi connectivity index (χ1n) is 10.3. The minimum Gasteiger partial charge on any atom is -0.407 e. The number of rotatable bonds is 9. The van der Waals surface area contributed by atoms with Gasteiger partial charge in [-0.2, -0.15) is 0 Å². The normalized spacial score (nSPS) is 14.5. The predicted octanol–water partition coefficient (Wildman–Crippen LogP) is 4.92. The predicted molar refractivity (Wildman–Crippen MR) is 123 cm³/mol. The van der Waals surface area contributed by atoms with Crippen LogP contribution in [-0.4, -0.2) is 26.1 Å². The zero-order valence-electron chi connectivity index (χ0n) is 18.1. The maximum Gasteiger partial charge on any atom is 0.261 e. The van der Waals surface area contributed by atoms with E-state index in [0.29, 0.717) is 6.61 Å². The second-order valence-corrected chi connectivity index (χ2v) is 13.2. The number of benzene rings is 2. The molecule has 28 heavy (non-hydrogen) atoms. The first-order chi connectivity index (χ1) is 13.2. The van der Waals surface area contributed by atoms with Crippen LogP contribution < -0.4 is 10.4 Å². The molecule has 2 rings (SSSR count). The molecule has 0 fully saturated rings. The fraction of sp³-hybridized carbons (Fsp3) is 0.440. The SMILES string of the molecule is C=C(C)[C@@H](O)[C@@H](C)CCCO[Si](c1ccccc1)(c1ccccc1)C(C)(C)C. The number of hydrogen-bond acceptors (Lipinski definition) is 2. The minimum absolute atomic E-state index is 0.00145. The van der Waals surface area contributed by atoms with Gasteiger partial charge in [0.15, 0.2) is 0 Å². The van der Waals surface area contributed by atoms with Gasteiger partial charge in [0.05, 0.1) is 6.10 Å². The monoisotopic (exact) mass is 396 g/mol. The van der Waals surface area contributed by atoms with Gasteiger partial charge in [0, 0.05) is 6.61 Å². The first kappa shape index (κ1) is 22.6. The van der Waals surface area contributed by atoms with Crippen molar-refractivity contribution in [2.24, 2.45) is 5.92 Å². The lowest BCUT2D eigenvalue weighted by Crippen LogP contribution is -2.66. The van der Waals surface area contributed by atoms with Crippen molar-refractivity contribution in [3.05, 3.63) is 72.8 Å². The van der Waals surface area contributed by atoms with Crippen LogP contribution in [0.3, 0.4) is 0 Å². The van der Waals surface area contributed by atoms with E-state index in [4.69, 9.17) is 4.43 Å². The molecule has 0 aliphatic heterocycles. The molecule has 0 unspecified atom stereocenters. The van der Waals surface area contributed by atoms with Crippen molar-refractivity contribution in [3.8, 4) is 0 Å². The Morgan fingerprint density at radius 3 is 1.86 bits per heavy atom. The maximum atomic E-state index is 10.2. The number of hydrogen-bond donors (Lipinski definition) is 1. The third kappa shape index (κ3) is 5.02. The molecule has 0 saturated heterocycles. The van der Waals surface area contributed by atoms with Crippen LogP contribution >= 0.6 is 0 Å². The average molecular weight is 397 g/mol. The van der Waals surface area contributed by atoms with Gasteiger partial charge < -0.3 is 9.53 Å². The molecular weight excluding hydrogens is 360 g/mol. The van der Waals surface area contributed by atoms with E-state index in [1.54, 1.807) is 0 Å². The van der Waals surface area contributed by atoms with Gasteiger partial charge in [0.1, 0.15) is 0 Å². The molecule has 152 valence electrons. The van der Waals surface area contributed by atoms with Crippen molar-refractivity contribution in [2.45, 2.75) is 58.6 Å². The van der Waals surface area contributed by atoms with Crippen LogP contribution in [0.1, 0.15) is 47.5 Å². The maximum absolute atomic E-state index is 10.2. The van der Waals surface area contributed by atoms with Gasteiger partial charge in [0.2, 0.25) is 0 Å². The van der Waals surface area contributed by atoms with Crippen LogP contribution in [0, 0.1) is 5.92 Å². The Labute approximate surface area is 172 Å². The third-order valence-corrected chi connectivity index (χ3v) is 10.6. The molecule has 2 aromatic carbocycles. The summed E-state index contributed by atoms with van der Waals surface area (Å²) in [5, 5.41) is 12.8. The summed E-state index contributed by atoms with van der Waals surface area (Å²) in [5.74, 6) is 0.195. The van der Waals surface area contributed by atoms with Gasteiger partial charge >= 0.3 is 0 Å². The van der Waals surface area contributed by atoms with E-state index >= 15 is 0 Å². The van der Waals surface area contributed by atoms with Gasteiger partial charge in [-0.15, -0.1) is 0 Å². The summed E-state index contributed by atoms with van der Waals surface area (Å²) in [6, 6.07) is 21.5. The average Bonchev–Trinajstić information content (AvgIpc) is 2.67. The molecule has 2 aromatic rings. The van der Waals surface area contributed by atoms with Crippen molar-refractivity contribution in [3.63, 3.8) is 0 Å². The highest BCUT2D eigenvalue weighted by molar-refractivity contribution is 6.99. The van der Waals surface area contributed by atoms with Crippen molar-refractivity contribution >= 4 is 18.7 Å². The highest BCUT2D eigenvalue weighted by Crippen LogP contribution is 2.36. The van der Waals surface area contributed by atoms with Crippen molar-refractivity contribution < 1.29 is 9.53 Å². The van der Waals surface area contributed by atoms with E-state index in [0.717, 1.165) is 18.4 Å². The van der Waals surface area contributed by atoms with Crippen LogP contribution in [0.25, 0.3) is 0 Å². The van der Waals surface area contributed by atoms with E-state index in [9.17, 15) is 5.11 Å². The molecule has 0 amide bonds. The summed E-state index contributed by atoms with van der Waals surface area (Å²) in [4.78, 5) is 0. The molecule has 0 aliphatic carbocycles. The summed E-state index contributed by atoms with van der Waals surface area (Å²) in [7, 11) is -2.45. The van der Waals surface area contributed by atoms with E-state index in [2.05, 4.69) is 94.9 Å². The van der Waals surface area contributed by atoms with Crippen molar-refractivity contribution in [1.82, 2.24) is 0 Å². The van der Waals surface area contributed by atoms with Gasteiger partial charge in [-0.1, -0.05) is 101 Å². The Morgan fingerprint density at radius 2 is 1.46 bits per heavy atom. The quantitative estimate of drug-likeness (QED) is 0.370. The molecule has 0 aliphatic rings. The fourth-order valence-electron chi connectivity index (χ4n) is 4.04. The van der Waals surface area contributed by atoms with Crippen LogP contribution in [-0.2, 0) is 4.43 Å². The first-order valence-corrected chi connectivity index (χ1v) is 12.2. The number of aliphatic hydroxyl groups is 1. The Kier molecular flexibility index (Phi) is 7.82. The molecule has 0 heterocycles. The fourth-order valence-corrected chi connectivity index (χ4v) is 8.64. The van der Waals surface area contributed by atoms with Crippen molar-refractivity contribution in [2.75, 3.05) is 6.61 Å².